The maximum absolute atomic E-state index is 11.9. The van der Waals surface area contributed by atoms with Crippen molar-refractivity contribution in [2.75, 3.05) is 6.54 Å². The minimum Gasteiger partial charge on any atom is -0.481 e. The van der Waals surface area contributed by atoms with Gasteiger partial charge in [-0.15, -0.1) is 0 Å². The third-order valence-corrected chi connectivity index (χ3v) is 4.70. The maximum atomic E-state index is 11.9. The molecule has 4 heteroatoms. The first kappa shape index (κ1) is 16.0. The van der Waals surface area contributed by atoms with Crippen molar-refractivity contribution < 1.29 is 14.7 Å². The van der Waals surface area contributed by atoms with Crippen molar-refractivity contribution in [2.45, 2.75) is 59.3 Å². The van der Waals surface area contributed by atoms with Gasteiger partial charge in [0.2, 0.25) is 5.91 Å². The summed E-state index contributed by atoms with van der Waals surface area (Å²) in [5, 5.41) is 12.2. The number of hydrogen-bond acceptors (Lipinski definition) is 2. The third kappa shape index (κ3) is 4.22. The lowest BCUT2D eigenvalue weighted by Gasteiger charge is -2.26. The van der Waals surface area contributed by atoms with Crippen LogP contribution in [0.5, 0.6) is 0 Å². The fourth-order valence-electron chi connectivity index (χ4n) is 3.02. The Balaban J connectivity index is 2.43. The van der Waals surface area contributed by atoms with E-state index in [4.69, 9.17) is 0 Å². The van der Waals surface area contributed by atoms with Crippen molar-refractivity contribution in [3.8, 4) is 0 Å². The van der Waals surface area contributed by atoms with Crippen molar-refractivity contribution in [2.24, 2.45) is 17.3 Å². The quantitative estimate of drug-likeness (QED) is 0.747. The Kier molecular flexibility index (Phi) is 5.83. The molecule has 1 aliphatic rings. The molecular formula is C15H27NO3. The predicted molar refractivity (Wildman–Crippen MR) is 74.8 cm³/mol. The highest BCUT2D eigenvalue weighted by Crippen LogP contribution is 2.32. The summed E-state index contributed by atoms with van der Waals surface area (Å²) in [6, 6.07) is 0. The van der Waals surface area contributed by atoms with E-state index in [9.17, 15) is 14.7 Å². The van der Waals surface area contributed by atoms with E-state index in [1.54, 1.807) is 0 Å². The summed E-state index contributed by atoms with van der Waals surface area (Å²) in [6.07, 6.45) is 4.67. The molecule has 0 heterocycles. The molecule has 19 heavy (non-hydrogen) atoms. The second-order valence-electron chi connectivity index (χ2n) is 6.06. The first-order valence-corrected chi connectivity index (χ1v) is 7.43. The van der Waals surface area contributed by atoms with Gasteiger partial charge in [0.15, 0.2) is 0 Å². The number of aliphatic carboxylic acids is 1. The molecule has 1 saturated carbocycles. The molecule has 1 aliphatic carbocycles. The Morgan fingerprint density at radius 3 is 2.32 bits per heavy atom. The van der Waals surface area contributed by atoms with Crippen molar-refractivity contribution in [1.82, 2.24) is 5.32 Å². The molecule has 0 radical (unpaired) electrons. The number of rotatable bonds is 7. The lowest BCUT2D eigenvalue weighted by Crippen LogP contribution is -2.38. The minimum absolute atomic E-state index is 0.0948. The lowest BCUT2D eigenvalue weighted by molar-refractivity contribution is -0.152. The molecule has 0 aromatic carbocycles. The SMILES string of the molecule is CCC(CC)(CC(=O)NCC1CCC(C)C1)C(=O)O. The summed E-state index contributed by atoms with van der Waals surface area (Å²) in [4.78, 5) is 23.3. The van der Waals surface area contributed by atoms with E-state index in [0.29, 0.717) is 25.3 Å². The van der Waals surface area contributed by atoms with E-state index in [0.717, 1.165) is 5.92 Å². The highest BCUT2D eigenvalue weighted by molar-refractivity contribution is 5.84. The second-order valence-corrected chi connectivity index (χ2v) is 6.06. The highest BCUT2D eigenvalue weighted by Gasteiger charge is 2.37. The Hall–Kier alpha value is -1.06. The van der Waals surface area contributed by atoms with Crippen LogP contribution in [0.2, 0.25) is 0 Å². The van der Waals surface area contributed by atoms with Crippen LogP contribution in [0.25, 0.3) is 0 Å². The molecular weight excluding hydrogens is 242 g/mol. The molecule has 1 fully saturated rings. The van der Waals surface area contributed by atoms with Crippen molar-refractivity contribution in [1.29, 1.82) is 0 Å². The van der Waals surface area contributed by atoms with E-state index in [1.807, 2.05) is 13.8 Å². The van der Waals surface area contributed by atoms with Gasteiger partial charge in [-0.25, -0.2) is 0 Å². The Morgan fingerprint density at radius 2 is 1.89 bits per heavy atom. The molecule has 0 aliphatic heterocycles. The van der Waals surface area contributed by atoms with Crippen molar-refractivity contribution >= 4 is 11.9 Å². The molecule has 0 aromatic rings. The van der Waals surface area contributed by atoms with Crippen LogP contribution in [-0.4, -0.2) is 23.5 Å². The molecule has 0 aromatic heterocycles. The van der Waals surface area contributed by atoms with Crippen LogP contribution in [0, 0.1) is 17.3 Å². The highest BCUT2D eigenvalue weighted by atomic mass is 16.4. The molecule has 1 amide bonds. The van der Waals surface area contributed by atoms with Gasteiger partial charge in [-0.05, 0) is 37.5 Å². The first-order valence-electron chi connectivity index (χ1n) is 7.43. The molecule has 2 N–H and O–H groups in total. The molecule has 4 nitrogen and oxygen atoms in total. The van der Waals surface area contributed by atoms with Gasteiger partial charge in [-0.2, -0.15) is 0 Å². The Bertz CT molecular complexity index is 323. The summed E-state index contributed by atoms with van der Waals surface area (Å²) >= 11 is 0. The average molecular weight is 269 g/mol. The van der Waals surface area contributed by atoms with E-state index >= 15 is 0 Å². The lowest BCUT2D eigenvalue weighted by atomic mass is 9.79. The van der Waals surface area contributed by atoms with Gasteiger partial charge in [-0.3, -0.25) is 9.59 Å². The third-order valence-electron chi connectivity index (χ3n) is 4.70. The van der Waals surface area contributed by atoms with Crippen LogP contribution < -0.4 is 5.32 Å². The number of carboxylic acids is 1. The molecule has 2 unspecified atom stereocenters. The second kappa shape index (κ2) is 6.92. The van der Waals surface area contributed by atoms with Crippen LogP contribution in [0.1, 0.15) is 59.3 Å². The smallest absolute Gasteiger partial charge is 0.310 e. The molecule has 2 atom stereocenters. The molecule has 1 rings (SSSR count). The zero-order chi connectivity index (χ0) is 14.5. The number of carboxylic acid groups (broad SMARTS) is 1. The van der Waals surface area contributed by atoms with Crippen LogP contribution in [-0.2, 0) is 9.59 Å². The van der Waals surface area contributed by atoms with Gasteiger partial charge in [0.1, 0.15) is 0 Å². The average Bonchev–Trinajstić information content (AvgIpc) is 2.79. The fourth-order valence-corrected chi connectivity index (χ4v) is 3.02. The molecule has 0 bridgehead atoms. The Morgan fingerprint density at radius 1 is 1.26 bits per heavy atom. The monoisotopic (exact) mass is 269 g/mol. The molecule has 110 valence electrons. The summed E-state index contributed by atoms with van der Waals surface area (Å²) < 4.78 is 0. The fraction of sp³-hybridized carbons (Fsp3) is 0.867. The van der Waals surface area contributed by atoms with E-state index < -0.39 is 11.4 Å². The zero-order valence-corrected chi connectivity index (χ0v) is 12.4. The van der Waals surface area contributed by atoms with Gasteiger partial charge < -0.3 is 10.4 Å². The van der Waals surface area contributed by atoms with E-state index in [-0.39, 0.29) is 12.3 Å². The summed E-state index contributed by atoms with van der Waals surface area (Å²) in [5.41, 5.74) is -0.896. The van der Waals surface area contributed by atoms with Gasteiger partial charge in [0.25, 0.3) is 0 Å². The van der Waals surface area contributed by atoms with Crippen molar-refractivity contribution in [3.05, 3.63) is 0 Å². The number of hydrogen-bond donors (Lipinski definition) is 2. The molecule has 0 saturated heterocycles. The largest absolute Gasteiger partial charge is 0.481 e. The normalized spacial score (nSPS) is 23.3. The van der Waals surface area contributed by atoms with Crippen molar-refractivity contribution in [3.63, 3.8) is 0 Å². The van der Waals surface area contributed by atoms with Gasteiger partial charge in [0, 0.05) is 13.0 Å². The number of carbonyl (C=O) groups is 2. The number of nitrogens with one attached hydrogen (secondary N) is 1. The number of carbonyl (C=O) groups excluding carboxylic acids is 1. The maximum Gasteiger partial charge on any atom is 0.310 e. The standard InChI is InChI=1S/C15H27NO3/c1-4-15(5-2,14(18)19)9-13(17)16-10-12-7-6-11(3)8-12/h11-12H,4-10H2,1-3H3,(H,16,17)(H,18,19). The summed E-state index contributed by atoms with van der Waals surface area (Å²) in [6.45, 7) is 6.62. The topological polar surface area (TPSA) is 66.4 Å². The zero-order valence-electron chi connectivity index (χ0n) is 12.4. The van der Waals surface area contributed by atoms with Gasteiger partial charge in [-0.1, -0.05) is 27.2 Å². The predicted octanol–water partition coefficient (Wildman–Crippen LogP) is 2.82. The number of amides is 1. The van der Waals surface area contributed by atoms with Gasteiger partial charge >= 0.3 is 5.97 Å². The molecule has 0 spiro atoms. The summed E-state index contributed by atoms with van der Waals surface area (Å²) in [7, 11) is 0. The van der Waals surface area contributed by atoms with Crippen LogP contribution >= 0.6 is 0 Å². The van der Waals surface area contributed by atoms with Crippen LogP contribution in [0.3, 0.4) is 0 Å². The first-order chi connectivity index (χ1) is 8.93. The summed E-state index contributed by atoms with van der Waals surface area (Å²) in [5.74, 6) is 0.348. The van der Waals surface area contributed by atoms with E-state index in [1.165, 1.54) is 19.3 Å². The van der Waals surface area contributed by atoms with Gasteiger partial charge in [0.05, 0.1) is 5.41 Å². The van der Waals surface area contributed by atoms with Crippen LogP contribution in [0.15, 0.2) is 0 Å². The Labute approximate surface area is 116 Å². The minimum atomic E-state index is -0.896. The van der Waals surface area contributed by atoms with E-state index in [2.05, 4.69) is 12.2 Å². The van der Waals surface area contributed by atoms with Crippen LogP contribution in [0.4, 0.5) is 0 Å².